The number of allylic oxidation sites excluding steroid dienone is 2. The van der Waals surface area contributed by atoms with Crippen LogP contribution in [0.1, 0.15) is 19.3 Å². The van der Waals surface area contributed by atoms with Gasteiger partial charge in [-0.15, -0.1) is 0 Å². The molecule has 2 unspecified atom stereocenters. The van der Waals surface area contributed by atoms with Gasteiger partial charge in [-0.05, 0) is 49.2 Å². The minimum atomic E-state index is -3.86. The Hall–Kier alpha value is -3.66. The Morgan fingerprint density at radius 3 is 2.24 bits per heavy atom. The highest BCUT2D eigenvalue weighted by Crippen LogP contribution is 2.35. The molecule has 0 spiro atoms. The summed E-state index contributed by atoms with van der Waals surface area (Å²) in [6, 6.07) is 12.3. The van der Waals surface area contributed by atoms with Crippen LogP contribution >= 0.6 is 0 Å². The van der Waals surface area contributed by atoms with Crippen LogP contribution in [0.3, 0.4) is 0 Å². The van der Waals surface area contributed by atoms with Crippen molar-refractivity contribution < 1.29 is 27.5 Å². The van der Waals surface area contributed by atoms with Crippen molar-refractivity contribution in [1.82, 2.24) is 4.90 Å². The van der Waals surface area contributed by atoms with Crippen molar-refractivity contribution in [2.45, 2.75) is 24.2 Å². The third kappa shape index (κ3) is 4.81. The van der Waals surface area contributed by atoms with E-state index in [-0.39, 0.29) is 47.4 Å². The molecule has 2 aliphatic rings. The van der Waals surface area contributed by atoms with E-state index in [0.717, 1.165) is 0 Å². The van der Waals surface area contributed by atoms with E-state index in [1.54, 1.807) is 24.3 Å². The van der Waals surface area contributed by atoms with E-state index < -0.39 is 10.0 Å². The highest BCUT2D eigenvalue weighted by molar-refractivity contribution is 7.92. The van der Waals surface area contributed by atoms with Gasteiger partial charge in [-0.3, -0.25) is 24.0 Å². The van der Waals surface area contributed by atoms with E-state index >= 15 is 0 Å². The molecule has 0 bridgehead atoms. The van der Waals surface area contributed by atoms with Crippen molar-refractivity contribution >= 4 is 39.1 Å². The van der Waals surface area contributed by atoms with Gasteiger partial charge in [-0.25, -0.2) is 8.42 Å². The molecule has 9 nitrogen and oxygen atoms in total. The molecular weight excluding hydrogens is 458 g/mol. The standard InChI is InChI=1S/C24H25N3O6S/c1-33-21-9-5-4-8-20(21)26-34(31,32)17-12-10-16(11-13-17)25-22(28)14-15-27-23(29)18-6-2-3-7-19(18)24(27)30/h2-5,8-13,18-19,26H,6-7,14-15H2,1H3,(H,25,28). The van der Waals surface area contributed by atoms with Crippen LogP contribution in [0, 0.1) is 11.8 Å². The molecule has 0 aromatic heterocycles. The second-order valence-electron chi connectivity index (χ2n) is 8.11. The summed E-state index contributed by atoms with van der Waals surface area (Å²) >= 11 is 0. The minimum Gasteiger partial charge on any atom is -0.495 e. The SMILES string of the molecule is COc1ccccc1NS(=O)(=O)c1ccc(NC(=O)CCN2C(=O)C3CC=CCC3C2=O)cc1. The maximum absolute atomic E-state index is 12.7. The number of benzene rings is 2. The van der Waals surface area contributed by atoms with Crippen molar-refractivity contribution in [3.63, 3.8) is 0 Å². The number of imide groups is 1. The first-order valence-electron chi connectivity index (χ1n) is 10.9. The first-order chi connectivity index (χ1) is 16.3. The monoisotopic (exact) mass is 483 g/mol. The lowest BCUT2D eigenvalue weighted by Crippen LogP contribution is -2.34. The number of anilines is 2. The van der Waals surface area contributed by atoms with Gasteiger partial charge in [-0.1, -0.05) is 24.3 Å². The molecule has 2 aromatic carbocycles. The van der Waals surface area contributed by atoms with Gasteiger partial charge in [0.15, 0.2) is 0 Å². The van der Waals surface area contributed by atoms with Gasteiger partial charge in [0.1, 0.15) is 5.75 Å². The largest absolute Gasteiger partial charge is 0.495 e. The summed E-state index contributed by atoms with van der Waals surface area (Å²) < 4.78 is 33.0. The molecular formula is C24H25N3O6S. The van der Waals surface area contributed by atoms with E-state index in [1.807, 2.05) is 12.2 Å². The molecule has 1 aliphatic carbocycles. The third-order valence-electron chi connectivity index (χ3n) is 5.96. The van der Waals surface area contributed by atoms with Crippen LogP contribution in [0.2, 0.25) is 0 Å². The van der Waals surface area contributed by atoms with Gasteiger partial charge >= 0.3 is 0 Å². The first-order valence-corrected chi connectivity index (χ1v) is 12.3. The van der Waals surface area contributed by atoms with Crippen LogP contribution in [0.4, 0.5) is 11.4 Å². The highest BCUT2D eigenvalue weighted by atomic mass is 32.2. The summed E-state index contributed by atoms with van der Waals surface area (Å²) in [5.41, 5.74) is 0.710. The number of ether oxygens (including phenoxy) is 1. The number of fused-ring (bicyclic) bond motifs is 1. The lowest BCUT2D eigenvalue weighted by atomic mass is 9.85. The Kier molecular flexibility index (Phi) is 6.69. The van der Waals surface area contributed by atoms with Gasteiger partial charge in [-0.2, -0.15) is 0 Å². The molecule has 10 heteroatoms. The Bertz CT molecular complexity index is 1210. The van der Waals surface area contributed by atoms with Gasteiger partial charge in [0.2, 0.25) is 17.7 Å². The number of rotatable bonds is 8. The molecule has 2 N–H and O–H groups in total. The number of likely N-dealkylation sites (tertiary alicyclic amines) is 1. The predicted octanol–water partition coefficient (Wildman–Crippen LogP) is 2.78. The second kappa shape index (κ2) is 9.68. The van der Waals surface area contributed by atoms with Crippen LogP contribution in [-0.4, -0.2) is 44.7 Å². The molecule has 178 valence electrons. The molecule has 0 radical (unpaired) electrons. The van der Waals surface area contributed by atoms with Crippen LogP contribution < -0.4 is 14.8 Å². The molecule has 2 aromatic rings. The third-order valence-corrected chi connectivity index (χ3v) is 7.34. The van der Waals surface area contributed by atoms with Crippen LogP contribution in [0.5, 0.6) is 5.75 Å². The van der Waals surface area contributed by atoms with Crippen molar-refractivity contribution in [2.75, 3.05) is 23.7 Å². The number of carbonyl (C=O) groups is 3. The number of nitrogens with one attached hydrogen (secondary N) is 2. The summed E-state index contributed by atoms with van der Waals surface area (Å²) in [5, 5.41) is 2.67. The van der Waals surface area contributed by atoms with Crippen LogP contribution in [0.15, 0.2) is 65.6 Å². The molecule has 3 amide bonds. The number of amides is 3. The average molecular weight is 484 g/mol. The van der Waals surface area contributed by atoms with Crippen LogP contribution in [0.25, 0.3) is 0 Å². The van der Waals surface area contributed by atoms with Gasteiger partial charge in [0.25, 0.3) is 10.0 Å². The van der Waals surface area contributed by atoms with E-state index in [9.17, 15) is 22.8 Å². The number of methoxy groups -OCH3 is 1. The van der Waals surface area contributed by atoms with Gasteiger partial charge in [0.05, 0.1) is 29.5 Å². The van der Waals surface area contributed by atoms with Crippen molar-refractivity contribution in [1.29, 1.82) is 0 Å². The smallest absolute Gasteiger partial charge is 0.262 e. The zero-order chi connectivity index (χ0) is 24.3. The topological polar surface area (TPSA) is 122 Å². The summed E-state index contributed by atoms with van der Waals surface area (Å²) in [6.45, 7) is 0.0196. The maximum atomic E-state index is 12.7. The molecule has 34 heavy (non-hydrogen) atoms. The maximum Gasteiger partial charge on any atom is 0.262 e. The van der Waals surface area contributed by atoms with Crippen molar-refractivity contribution in [3.05, 3.63) is 60.7 Å². The Labute approximate surface area is 197 Å². The molecule has 1 heterocycles. The van der Waals surface area contributed by atoms with Gasteiger partial charge < -0.3 is 10.1 Å². The number of hydrogen-bond donors (Lipinski definition) is 2. The Balaban J connectivity index is 1.34. The molecule has 1 saturated heterocycles. The summed E-state index contributed by atoms with van der Waals surface area (Å²) in [7, 11) is -2.42. The number of nitrogens with zero attached hydrogens (tertiary/aromatic N) is 1. The Morgan fingerprint density at radius 2 is 1.62 bits per heavy atom. The zero-order valence-corrected chi connectivity index (χ0v) is 19.4. The normalized spacial score (nSPS) is 19.6. The van der Waals surface area contributed by atoms with Gasteiger partial charge in [0, 0.05) is 18.7 Å². The quantitative estimate of drug-likeness (QED) is 0.440. The fraction of sp³-hybridized carbons (Fsp3) is 0.292. The fourth-order valence-electron chi connectivity index (χ4n) is 4.18. The van der Waals surface area contributed by atoms with E-state index in [2.05, 4.69) is 10.0 Å². The number of para-hydroxylation sites is 2. The van der Waals surface area contributed by atoms with E-state index in [4.69, 9.17) is 4.74 Å². The predicted molar refractivity (Wildman–Crippen MR) is 126 cm³/mol. The van der Waals surface area contributed by atoms with Crippen LogP contribution in [-0.2, 0) is 24.4 Å². The average Bonchev–Trinajstić information content (AvgIpc) is 3.08. The molecule has 4 rings (SSSR count). The fourth-order valence-corrected chi connectivity index (χ4v) is 5.25. The summed E-state index contributed by atoms with van der Waals surface area (Å²) in [4.78, 5) is 38.6. The van der Waals surface area contributed by atoms with E-state index in [1.165, 1.54) is 36.3 Å². The first kappa shape index (κ1) is 23.5. The number of sulfonamides is 1. The highest BCUT2D eigenvalue weighted by Gasteiger charge is 2.46. The lowest BCUT2D eigenvalue weighted by Gasteiger charge is -2.14. The number of hydrogen-bond acceptors (Lipinski definition) is 6. The zero-order valence-electron chi connectivity index (χ0n) is 18.6. The van der Waals surface area contributed by atoms with Crippen molar-refractivity contribution in [3.8, 4) is 5.75 Å². The lowest BCUT2D eigenvalue weighted by molar-refractivity contribution is -0.140. The van der Waals surface area contributed by atoms with Crippen molar-refractivity contribution in [2.24, 2.45) is 11.8 Å². The molecule has 2 atom stereocenters. The second-order valence-corrected chi connectivity index (χ2v) is 9.79. The minimum absolute atomic E-state index is 0.0147. The number of carbonyl (C=O) groups excluding carboxylic acids is 3. The summed E-state index contributed by atoms with van der Waals surface area (Å²) in [6.07, 6.45) is 4.90. The molecule has 1 fully saturated rings. The Morgan fingerprint density at radius 1 is 1.00 bits per heavy atom. The summed E-state index contributed by atoms with van der Waals surface area (Å²) in [5.74, 6) is -1.07. The molecule has 0 saturated carbocycles. The van der Waals surface area contributed by atoms with E-state index in [0.29, 0.717) is 30.0 Å². The molecule has 1 aliphatic heterocycles.